The lowest BCUT2D eigenvalue weighted by Gasteiger charge is -2.16. The zero-order chi connectivity index (χ0) is 25.1. The maximum Gasteiger partial charge on any atom is 0.258 e. The summed E-state index contributed by atoms with van der Waals surface area (Å²) in [5.41, 5.74) is 0.626. The molecule has 0 bridgehead atoms. The number of hydrogen-bond acceptors (Lipinski definition) is 8. The van der Waals surface area contributed by atoms with Crippen molar-refractivity contribution in [3.05, 3.63) is 35.4 Å². The molecule has 0 aliphatic rings. The SMILES string of the molecule is CCOc1cc(OCC)c(NC(=O)C(N=Nc2cccc(OCC)c2OCC)C(C)=O)cc1Cl. The molecule has 184 valence electrons. The summed E-state index contributed by atoms with van der Waals surface area (Å²) in [6, 6.07) is 6.82. The van der Waals surface area contributed by atoms with E-state index in [1.807, 2.05) is 20.8 Å². The van der Waals surface area contributed by atoms with Gasteiger partial charge < -0.3 is 24.3 Å². The van der Waals surface area contributed by atoms with Gasteiger partial charge in [-0.05, 0) is 52.8 Å². The number of rotatable bonds is 13. The van der Waals surface area contributed by atoms with Crippen LogP contribution in [0.3, 0.4) is 0 Å². The Bertz CT molecular complexity index is 1030. The molecule has 34 heavy (non-hydrogen) atoms. The molecule has 0 saturated carbocycles. The average molecular weight is 492 g/mol. The lowest BCUT2D eigenvalue weighted by Crippen LogP contribution is -2.32. The second-order valence-corrected chi connectivity index (χ2v) is 7.24. The van der Waals surface area contributed by atoms with Crippen LogP contribution in [0.2, 0.25) is 5.02 Å². The quantitative estimate of drug-likeness (QED) is 0.288. The Morgan fingerprint density at radius 2 is 1.53 bits per heavy atom. The fourth-order valence-corrected chi connectivity index (χ4v) is 3.17. The third kappa shape index (κ3) is 7.08. The maximum absolute atomic E-state index is 13.0. The van der Waals surface area contributed by atoms with Crippen molar-refractivity contribution in [2.24, 2.45) is 10.2 Å². The number of carbonyl (C=O) groups excluding carboxylic acids is 2. The van der Waals surface area contributed by atoms with Crippen LogP contribution in [-0.4, -0.2) is 44.2 Å². The molecule has 1 N–H and O–H groups in total. The van der Waals surface area contributed by atoms with Crippen LogP contribution in [0.4, 0.5) is 11.4 Å². The van der Waals surface area contributed by atoms with Gasteiger partial charge in [0.15, 0.2) is 17.3 Å². The Hall–Kier alpha value is -3.33. The van der Waals surface area contributed by atoms with Crippen molar-refractivity contribution in [2.45, 2.75) is 40.7 Å². The number of nitrogens with zero attached hydrogens (tertiary/aromatic N) is 2. The van der Waals surface area contributed by atoms with Crippen LogP contribution in [0, 0.1) is 0 Å². The second kappa shape index (κ2) is 13.4. The molecule has 0 saturated heterocycles. The lowest BCUT2D eigenvalue weighted by molar-refractivity contribution is -0.126. The topological polar surface area (TPSA) is 108 Å². The van der Waals surface area contributed by atoms with Gasteiger partial charge >= 0.3 is 0 Å². The molecule has 2 rings (SSSR count). The summed E-state index contributed by atoms with van der Waals surface area (Å²) in [6.45, 7) is 10.2. The Balaban J connectivity index is 2.34. The summed E-state index contributed by atoms with van der Waals surface area (Å²) in [6.07, 6.45) is 0. The van der Waals surface area contributed by atoms with E-state index >= 15 is 0 Å². The van der Waals surface area contributed by atoms with Gasteiger partial charge in [-0.2, -0.15) is 10.2 Å². The molecule has 1 amide bonds. The number of benzene rings is 2. The average Bonchev–Trinajstić information content (AvgIpc) is 2.79. The van der Waals surface area contributed by atoms with Gasteiger partial charge in [0.1, 0.15) is 17.2 Å². The third-order valence-electron chi connectivity index (χ3n) is 4.35. The number of anilines is 1. The Morgan fingerprint density at radius 1 is 0.912 bits per heavy atom. The van der Waals surface area contributed by atoms with Crippen LogP contribution in [0.1, 0.15) is 34.6 Å². The van der Waals surface area contributed by atoms with Gasteiger partial charge in [0.25, 0.3) is 5.91 Å². The molecular formula is C24H30ClN3O6. The van der Waals surface area contributed by atoms with Crippen LogP contribution >= 0.6 is 11.6 Å². The van der Waals surface area contributed by atoms with Crippen molar-refractivity contribution < 1.29 is 28.5 Å². The van der Waals surface area contributed by atoms with Crippen LogP contribution < -0.4 is 24.3 Å². The van der Waals surface area contributed by atoms with Gasteiger partial charge in [-0.15, -0.1) is 0 Å². The Kier molecular flexibility index (Phi) is 10.6. The van der Waals surface area contributed by atoms with Crippen molar-refractivity contribution in [3.63, 3.8) is 0 Å². The number of ketones is 1. The maximum atomic E-state index is 13.0. The number of nitrogens with one attached hydrogen (secondary N) is 1. The largest absolute Gasteiger partial charge is 0.492 e. The predicted octanol–water partition coefficient (Wildman–Crippen LogP) is 5.61. The standard InChI is InChI=1S/C24H30ClN3O6/c1-6-31-19-12-10-11-17(23(19)34-9-4)27-28-22(15(5)29)24(30)26-18-13-16(25)20(32-7-2)14-21(18)33-8-3/h10-14,22H,6-9H2,1-5H3,(H,26,30). The lowest BCUT2D eigenvalue weighted by atomic mass is 10.2. The van der Waals surface area contributed by atoms with Crippen molar-refractivity contribution >= 4 is 34.7 Å². The fourth-order valence-electron chi connectivity index (χ4n) is 2.95. The molecule has 0 aliphatic carbocycles. The minimum Gasteiger partial charge on any atom is -0.492 e. The van der Waals surface area contributed by atoms with Crippen LogP contribution in [0.15, 0.2) is 40.6 Å². The van der Waals surface area contributed by atoms with E-state index in [4.69, 9.17) is 30.5 Å². The highest BCUT2D eigenvalue weighted by Gasteiger charge is 2.25. The first-order valence-corrected chi connectivity index (χ1v) is 11.4. The molecule has 1 unspecified atom stereocenters. The molecule has 0 aromatic heterocycles. The smallest absolute Gasteiger partial charge is 0.258 e. The van der Waals surface area contributed by atoms with Crippen molar-refractivity contribution in [3.8, 4) is 23.0 Å². The molecule has 1 atom stereocenters. The minimum absolute atomic E-state index is 0.287. The van der Waals surface area contributed by atoms with Gasteiger partial charge in [-0.3, -0.25) is 9.59 Å². The van der Waals surface area contributed by atoms with Gasteiger partial charge in [0, 0.05) is 6.07 Å². The van der Waals surface area contributed by atoms with Crippen molar-refractivity contribution in [2.75, 3.05) is 31.7 Å². The zero-order valence-corrected chi connectivity index (χ0v) is 20.8. The van der Waals surface area contributed by atoms with E-state index < -0.39 is 17.7 Å². The van der Waals surface area contributed by atoms with Crippen molar-refractivity contribution in [1.29, 1.82) is 0 Å². The number of para-hydroxylation sites is 1. The number of hydrogen-bond donors (Lipinski definition) is 1. The molecule has 0 heterocycles. The first-order valence-electron chi connectivity index (χ1n) is 11.1. The van der Waals surface area contributed by atoms with Crippen LogP contribution in [0.25, 0.3) is 0 Å². The summed E-state index contributed by atoms with van der Waals surface area (Å²) >= 11 is 6.27. The number of halogens is 1. The van der Waals surface area contributed by atoms with Crippen LogP contribution in [-0.2, 0) is 9.59 Å². The molecule has 9 nitrogen and oxygen atoms in total. The monoisotopic (exact) mass is 491 g/mol. The van der Waals surface area contributed by atoms with Crippen molar-refractivity contribution in [1.82, 2.24) is 0 Å². The predicted molar refractivity (Wildman–Crippen MR) is 130 cm³/mol. The Morgan fingerprint density at radius 3 is 2.15 bits per heavy atom. The number of azo groups is 1. The van der Waals surface area contributed by atoms with E-state index in [0.29, 0.717) is 55.1 Å². The molecule has 0 spiro atoms. The normalized spacial score (nSPS) is 11.7. The molecule has 10 heteroatoms. The zero-order valence-electron chi connectivity index (χ0n) is 20.0. The molecule has 2 aromatic carbocycles. The number of amides is 1. The van der Waals surface area contributed by atoms with E-state index in [2.05, 4.69) is 15.5 Å². The van der Waals surface area contributed by atoms with Gasteiger partial charge in [-0.25, -0.2) is 0 Å². The summed E-state index contributed by atoms with van der Waals surface area (Å²) < 4.78 is 22.3. The second-order valence-electron chi connectivity index (χ2n) is 6.83. The molecule has 0 radical (unpaired) electrons. The van der Waals surface area contributed by atoms with Gasteiger partial charge in [0.2, 0.25) is 6.04 Å². The highest BCUT2D eigenvalue weighted by Crippen LogP contribution is 2.38. The molecular weight excluding hydrogens is 462 g/mol. The van der Waals surface area contributed by atoms with E-state index in [-0.39, 0.29) is 10.7 Å². The summed E-state index contributed by atoms with van der Waals surface area (Å²) in [4.78, 5) is 25.2. The molecule has 2 aromatic rings. The van der Waals surface area contributed by atoms with E-state index in [1.54, 1.807) is 31.2 Å². The summed E-state index contributed by atoms with van der Waals surface area (Å²) in [5, 5.41) is 11.1. The molecule has 0 aliphatic heterocycles. The van der Waals surface area contributed by atoms with E-state index in [0.717, 1.165) is 0 Å². The van der Waals surface area contributed by atoms with Gasteiger partial charge in [0.05, 0.1) is 37.1 Å². The number of carbonyl (C=O) groups is 2. The summed E-state index contributed by atoms with van der Waals surface area (Å²) in [5.74, 6) is 0.480. The number of Topliss-reactive ketones (excluding diaryl/α,β-unsaturated/α-hetero) is 1. The fraction of sp³-hybridized carbons (Fsp3) is 0.417. The van der Waals surface area contributed by atoms with Crippen LogP contribution in [0.5, 0.6) is 23.0 Å². The molecule has 0 fully saturated rings. The minimum atomic E-state index is -1.40. The third-order valence-corrected chi connectivity index (χ3v) is 4.65. The first kappa shape index (κ1) is 26.9. The highest BCUT2D eigenvalue weighted by atomic mass is 35.5. The first-order chi connectivity index (χ1) is 16.4. The Labute approximate surface area is 204 Å². The van der Waals surface area contributed by atoms with E-state index in [9.17, 15) is 9.59 Å². The van der Waals surface area contributed by atoms with E-state index in [1.165, 1.54) is 13.0 Å². The van der Waals surface area contributed by atoms with Gasteiger partial charge in [-0.1, -0.05) is 17.7 Å². The summed E-state index contributed by atoms with van der Waals surface area (Å²) in [7, 11) is 0. The highest BCUT2D eigenvalue weighted by molar-refractivity contribution is 6.32. The number of ether oxygens (including phenoxy) is 4.